The maximum absolute atomic E-state index is 10.6. The quantitative estimate of drug-likeness (QED) is 0.324. The molecule has 0 saturated carbocycles. The van der Waals surface area contributed by atoms with Gasteiger partial charge in [-0.3, -0.25) is 4.52 Å². The standard InChI is InChI=1S/C21H31O7P/c1-2-3-4-10-19(17-26-14-13-25-15-16-27-29(22,23)24)28-21-12-7-9-18-8-5-6-11-20(18)21/h5-9,11-12,19H,2-4,10,13-17H2,1H3,(H2,22,23,24). The van der Waals surface area contributed by atoms with Crippen molar-refractivity contribution in [2.24, 2.45) is 0 Å². The van der Waals surface area contributed by atoms with Crippen LogP contribution in [-0.2, 0) is 18.6 Å². The van der Waals surface area contributed by atoms with Gasteiger partial charge in [-0.05, 0) is 24.3 Å². The third kappa shape index (κ3) is 9.72. The molecular weight excluding hydrogens is 395 g/mol. The number of hydrogen-bond acceptors (Lipinski definition) is 5. The molecule has 0 amide bonds. The number of rotatable bonds is 15. The summed E-state index contributed by atoms with van der Waals surface area (Å²) in [5, 5.41) is 2.23. The number of benzene rings is 2. The predicted molar refractivity (Wildman–Crippen MR) is 112 cm³/mol. The van der Waals surface area contributed by atoms with Gasteiger partial charge in [0, 0.05) is 5.39 Å². The van der Waals surface area contributed by atoms with Crippen LogP contribution in [0, 0.1) is 0 Å². The number of hydrogen-bond donors (Lipinski definition) is 2. The molecule has 1 atom stereocenters. The van der Waals surface area contributed by atoms with Crippen molar-refractivity contribution in [2.45, 2.75) is 38.7 Å². The van der Waals surface area contributed by atoms with Crippen molar-refractivity contribution in [3.8, 4) is 5.75 Å². The first-order valence-electron chi connectivity index (χ1n) is 9.99. The fraction of sp³-hybridized carbons (Fsp3) is 0.524. The van der Waals surface area contributed by atoms with E-state index in [4.69, 9.17) is 24.0 Å². The second kappa shape index (κ2) is 13.0. The van der Waals surface area contributed by atoms with Crippen LogP contribution in [0.25, 0.3) is 10.8 Å². The molecule has 0 aromatic heterocycles. The number of ether oxygens (including phenoxy) is 3. The highest BCUT2D eigenvalue weighted by Gasteiger charge is 2.14. The summed E-state index contributed by atoms with van der Waals surface area (Å²) < 4.78 is 32.1. The highest BCUT2D eigenvalue weighted by Crippen LogP contribution is 2.35. The molecular formula is C21H31O7P. The molecule has 0 heterocycles. The van der Waals surface area contributed by atoms with Gasteiger partial charge < -0.3 is 24.0 Å². The van der Waals surface area contributed by atoms with E-state index in [1.54, 1.807) is 0 Å². The smallest absolute Gasteiger partial charge is 0.469 e. The Balaban J connectivity index is 1.78. The molecule has 2 rings (SSSR count). The molecule has 1 unspecified atom stereocenters. The highest BCUT2D eigenvalue weighted by atomic mass is 31.2. The van der Waals surface area contributed by atoms with Crippen molar-refractivity contribution in [1.29, 1.82) is 0 Å². The lowest BCUT2D eigenvalue weighted by Gasteiger charge is -2.20. The molecule has 8 heteroatoms. The Hall–Kier alpha value is -1.47. The lowest BCUT2D eigenvalue weighted by Crippen LogP contribution is -2.24. The van der Waals surface area contributed by atoms with Crippen LogP contribution < -0.4 is 4.74 Å². The molecule has 162 valence electrons. The Morgan fingerprint density at radius 1 is 0.931 bits per heavy atom. The average molecular weight is 426 g/mol. The molecule has 0 fully saturated rings. The van der Waals surface area contributed by atoms with Crippen molar-refractivity contribution in [3.05, 3.63) is 42.5 Å². The monoisotopic (exact) mass is 426 g/mol. The molecule has 2 N–H and O–H groups in total. The molecule has 7 nitrogen and oxygen atoms in total. The van der Waals surface area contributed by atoms with E-state index in [1.807, 2.05) is 24.3 Å². The van der Waals surface area contributed by atoms with Gasteiger partial charge in [0.15, 0.2) is 0 Å². The van der Waals surface area contributed by atoms with E-state index >= 15 is 0 Å². The molecule has 0 aliphatic rings. The second-order valence-corrected chi connectivity index (χ2v) is 7.96. The topological polar surface area (TPSA) is 94.5 Å². The van der Waals surface area contributed by atoms with Gasteiger partial charge in [0.2, 0.25) is 0 Å². The predicted octanol–water partition coefficient (Wildman–Crippen LogP) is 4.31. The summed E-state index contributed by atoms with van der Waals surface area (Å²) in [5.41, 5.74) is 0. The molecule has 0 bridgehead atoms. The minimum atomic E-state index is -4.43. The fourth-order valence-corrected chi connectivity index (χ4v) is 3.24. The number of fused-ring (bicyclic) bond motifs is 1. The number of unbranched alkanes of at least 4 members (excludes halogenated alkanes) is 2. The van der Waals surface area contributed by atoms with E-state index in [0.717, 1.165) is 42.2 Å². The van der Waals surface area contributed by atoms with Crippen molar-refractivity contribution in [1.82, 2.24) is 0 Å². The van der Waals surface area contributed by atoms with Gasteiger partial charge >= 0.3 is 7.82 Å². The third-order valence-electron chi connectivity index (χ3n) is 4.34. The minimum Gasteiger partial charge on any atom is -0.487 e. The highest BCUT2D eigenvalue weighted by molar-refractivity contribution is 7.46. The summed E-state index contributed by atoms with van der Waals surface area (Å²) in [5.74, 6) is 0.860. The van der Waals surface area contributed by atoms with Crippen molar-refractivity contribution < 1.29 is 33.1 Å². The van der Waals surface area contributed by atoms with Crippen molar-refractivity contribution in [2.75, 3.05) is 33.0 Å². The molecule has 2 aromatic rings. The maximum Gasteiger partial charge on any atom is 0.469 e. The SMILES string of the molecule is CCCCCC(COCCOCCOP(=O)(O)O)Oc1cccc2ccccc12. The van der Waals surface area contributed by atoms with E-state index in [0.29, 0.717) is 19.8 Å². The van der Waals surface area contributed by atoms with Gasteiger partial charge in [0.25, 0.3) is 0 Å². The van der Waals surface area contributed by atoms with Gasteiger partial charge in [-0.25, -0.2) is 4.57 Å². The summed E-state index contributed by atoms with van der Waals surface area (Å²) in [6.45, 7) is 3.26. The zero-order valence-corrected chi connectivity index (χ0v) is 17.8. The second-order valence-electron chi connectivity index (χ2n) is 6.72. The first-order chi connectivity index (χ1) is 14.0. The Morgan fingerprint density at radius 3 is 2.45 bits per heavy atom. The van der Waals surface area contributed by atoms with Crippen LogP contribution in [0.15, 0.2) is 42.5 Å². The fourth-order valence-electron chi connectivity index (χ4n) is 2.93. The van der Waals surface area contributed by atoms with Crippen molar-refractivity contribution >= 4 is 18.6 Å². The summed E-state index contributed by atoms with van der Waals surface area (Å²) in [4.78, 5) is 17.2. The first-order valence-corrected chi connectivity index (χ1v) is 11.5. The Kier molecular flexibility index (Phi) is 10.6. The summed E-state index contributed by atoms with van der Waals surface area (Å²) in [6.07, 6.45) is 4.23. The Morgan fingerprint density at radius 2 is 1.66 bits per heavy atom. The number of phosphoric ester groups is 1. The van der Waals surface area contributed by atoms with Gasteiger partial charge in [-0.15, -0.1) is 0 Å². The van der Waals surface area contributed by atoms with Crippen LogP contribution >= 0.6 is 7.82 Å². The zero-order chi connectivity index (χ0) is 21.0. The number of phosphoric acid groups is 1. The third-order valence-corrected chi connectivity index (χ3v) is 4.85. The normalized spacial score (nSPS) is 12.9. The Labute approximate surface area is 172 Å². The molecule has 0 aliphatic carbocycles. The van der Waals surface area contributed by atoms with Gasteiger partial charge in [-0.2, -0.15) is 0 Å². The van der Waals surface area contributed by atoms with Crippen molar-refractivity contribution in [3.63, 3.8) is 0 Å². The van der Waals surface area contributed by atoms with Crippen LogP contribution in [0.3, 0.4) is 0 Å². The van der Waals surface area contributed by atoms with E-state index in [2.05, 4.69) is 29.6 Å². The zero-order valence-electron chi connectivity index (χ0n) is 16.9. The van der Waals surface area contributed by atoms with E-state index in [-0.39, 0.29) is 19.3 Å². The van der Waals surface area contributed by atoms with Crippen LogP contribution in [0.2, 0.25) is 0 Å². The van der Waals surface area contributed by atoms with Gasteiger partial charge in [0.05, 0.1) is 33.0 Å². The lowest BCUT2D eigenvalue weighted by atomic mass is 10.1. The minimum absolute atomic E-state index is 0.0506. The van der Waals surface area contributed by atoms with E-state index < -0.39 is 7.82 Å². The average Bonchev–Trinajstić information content (AvgIpc) is 2.69. The van der Waals surface area contributed by atoms with Gasteiger partial charge in [0.1, 0.15) is 11.9 Å². The van der Waals surface area contributed by atoms with Crippen LogP contribution in [0.5, 0.6) is 5.75 Å². The molecule has 0 radical (unpaired) electrons. The summed E-state index contributed by atoms with van der Waals surface area (Å²) in [7, 11) is -4.43. The first kappa shape index (κ1) is 23.8. The summed E-state index contributed by atoms with van der Waals surface area (Å²) in [6, 6.07) is 14.2. The van der Waals surface area contributed by atoms with Crippen LogP contribution in [0.4, 0.5) is 0 Å². The molecule has 0 spiro atoms. The van der Waals surface area contributed by atoms with Crippen LogP contribution in [-0.4, -0.2) is 48.9 Å². The lowest BCUT2D eigenvalue weighted by molar-refractivity contribution is 0.00257. The van der Waals surface area contributed by atoms with E-state index in [1.165, 1.54) is 0 Å². The summed E-state index contributed by atoms with van der Waals surface area (Å²) >= 11 is 0. The molecule has 2 aromatic carbocycles. The van der Waals surface area contributed by atoms with Crippen LogP contribution in [0.1, 0.15) is 32.6 Å². The largest absolute Gasteiger partial charge is 0.487 e. The Bertz CT molecular complexity index is 756. The molecule has 0 aliphatic heterocycles. The molecule has 29 heavy (non-hydrogen) atoms. The van der Waals surface area contributed by atoms with Gasteiger partial charge in [-0.1, -0.05) is 56.2 Å². The molecule has 0 saturated heterocycles. The maximum atomic E-state index is 10.6. The van der Waals surface area contributed by atoms with E-state index in [9.17, 15) is 4.57 Å².